The Morgan fingerprint density at radius 3 is 2.47 bits per heavy atom. The summed E-state index contributed by atoms with van der Waals surface area (Å²) in [6.07, 6.45) is 0. The Morgan fingerprint density at radius 1 is 1.13 bits per heavy atom. The van der Waals surface area contributed by atoms with Crippen molar-refractivity contribution in [2.45, 2.75) is 6.92 Å². The number of rotatable bonds is 1. The van der Waals surface area contributed by atoms with Crippen LogP contribution >= 0.6 is 34.5 Å². The second kappa shape index (κ2) is 4.05. The molecule has 1 aromatic carbocycles. The van der Waals surface area contributed by atoms with Gasteiger partial charge in [-0.15, -0.1) is 11.3 Å². The third-order valence-corrected chi connectivity index (χ3v) is 3.55. The number of thiophene rings is 1. The van der Waals surface area contributed by atoms with Crippen LogP contribution in [0.4, 0.5) is 0 Å². The number of aryl methyl sites for hydroxylation is 1. The summed E-state index contributed by atoms with van der Waals surface area (Å²) in [5.74, 6) is 0.0115. The maximum Gasteiger partial charge on any atom is 0.135 e. The maximum atomic E-state index is 9.36. The highest BCUT2D eigenvalue weighted by atomic mass is 35.5. The molecule has 0 aliphatic heterocycles. The molecule has 2 rings (SSSR count). The van der Waals surface area contributed by atoms with E-state index in [0.717, 1.165) is 11.1 Å². The van der Waals surface area contributed by atoms with Gasteiger partial charge in [0.1, 0.15) is 5.75 Å². The molecule has 0 spiro atoms. The normalized spacial score (nSPS) is 10.6. The van der Waals surface area contributed by atoms with Gasteiger partial charge < -0.3 is 5.11 Å². The molecule has 0 radical (unpaired) electrons. The zero-order chi connectivity index (χ0) is 11.0. The number of halogens is 2. The number of hydrogen-bond acceptors (Lipinski definition) is 2. The van der Waals surface area contributed by atoms with Gasteiger partial charge in [-0.3, -0.25) is 0 Å². The molecule has 0 saturated heterocycles. The van der Waals surface area contributed by atoms with E-state index in [1.54, 1.807) is 17.4 Å². The summed E-state index contributed by atoms with van der Waals surface area (Å²) in [6.45, 7) is 2.03. The molecule has 1 aromatic heterocycles. The molecule has 0 aliphatic rings. The van der Waals surface area contributed by atoms with Gasteiger partial charge in [0, 0.05) is 16.5 Å². The number of benzene rings is 1. The molecule has 1 N–H and O–H groups in total. The first-order valence-electron chi connectivity index (χ1n) is 4.31. The second-order valence-electron chi connectivity index (χ2n) is 3.23. The van der Waals surface area contributed by atoms with Crippen molar-refractivity contribution >= 4 is 34.5 Å². The SMILES string of the molecule is Cc1cc(-c2cc(Cl)c(O)cc2Cl)cs1. The van der Waals surface area contributed by atoms with Crippen molar-refractivity contribution in [1.82, 2.24) is 0 Å². The van der Waals surface area contributed by atoms with Gasteiger partial charge >= 0.3 is 0 Å². The summed E-state index contributed by atoms with van der Waals surface area (Å²) < 4.78 is 0. The fourth-order valence-electron chi connectivity index (χ4n) is 1.34. The highest BCUT2D eigenvalue weighted by Gasteiger charge is 2.09. The fourth-order valence-corrected chi connectivity index (χ4v) is 2.48. The third kappa shape index (κ3) is 2.12. The second-order valence-corrected chi connectivity index (χ2v) is 5.16. The van der Waals surface area contributed by atoms with Crippen LogP contribution in [0, 0.1) is 6.92 Å². The molecule has 0 aliphatic carbocycles. The Kier molecular flexibility index (Phi) is 2.91. The highest BCUT2D eigenvalue weighted by Crippen LogP contribution is 2.37. The Hall–Kier alpha value is -0.700. The van der Waals surface area contributed by atoms with Crippen LogP contribution in [-0.2, 0) is 0 Å². The van der Waals surface area contributed by atoms with E-state index in [2.05, 4.69) is 0 Å². The van der Waals surface area contributed by atoms with Crippen molar-refractivity contribution in [2.24, 2.45) is 0 Å². The topological polar surface area (TPSA) is 20.2 Å². The first-order chi connectivity index (χ1) is 7.08. The molecule has 15 heavy (non-hydrogen) atoms. The lowest BCUT2D eigenvalue weighted by Gasteiger charge is -2.04. The van der Waals surface area contributed by atoms with Crippen molar-refractivity contribution in [1.29, 1.82) is 0 Å². The minimum Gasteiger partial charge on any atom is -0.506 e. The molecule has 0 atom stereocenters. The molecule has 4 heteroatoms. The van der Waals surface area contributed by atoms with Gasteiger partial charge in [0.15, 0.2) is 0 Å². The lowest BCUT2D eigenvalue weighted by molar-refractivity contribution is 0.475. The van der Waals surface area contributed by atoms with Crippen molar-refractivity contribution in [3.8, 4) is 16.9 Å². The van der Waals surface area contributed by atoms with Crippen molar-refractivity contribution < 1.29 is 5.11 Å². The van der Waals surface area contributed by atoms with Gasteiger partial charge in [-0.2, -0.15) is 0 Å². The van der Waals surface area contributed by atoms with Gasteiger partial charge in [0.05, 0.1) is 10.0 Å². The van der Waals surface area contributed by atoms with E-state index in [1.165, 1.54) is 10.9 Å². The monoisotopic (exact) mass is 258 g/mol. The summed E-state index contributed by atoms with van der Waals surface area (Å²) in [4.78, 5) is 1.21. The van der Waals surface area contributed by atoms with Crippen LogP contribution < -0.4 is 0 Å². The van der Waals surface area contributed by atoms with Gasteiger partial charge in [0.25, 0.3) is 0 Å². The predicted molar refractivity (Wildman–Crippen MR) is 66.2 cm³/mol. The standard InChI is InChI=1S/C11H8Cl2OS/c1-6-2-7(5-15-6)8-3-10(13)11(14)4-9(8)12/h2-5,14H,1H3. The highest BCUT2D eigenvalue weighted by molar-refractivity contribution is 7.10. The number of hydrogen-bond donors (Lipinski definition) is 1. The summed E-state index contributed by atoms with van der Waals surface area (Å²) >= 11 is 13.5. The van der Waals surface area contributed by atoms with Crippen molar-refractivity contribution in [2.75, 3.05) is 0 Å². The molecule has 2 aromatic rings. The Labute approximate surface area is 102 Å². The van der Waals surface area contributed by atoms with Crippen LogP contribution in [0.1, 0.15) is 4.88 Å². The van der Waals surface area contributed by atoms with Crippen LogP contribution in [0.25, 0.3) is 11.1 Å². The first-order valence-corrected chi connectivity index (χ1v) is 5.95. The van der Waals surface area contributed by atoms with Gasteiger partial charge in [-0.25, -0.2) is 0 Å². The molecule has 0 saturated carbocycles. The summed E-state index contributed by atoms with van der Waals surface area (Å²) in [7, 11) is 0. The van der Waals surface area contributed by atoms with Crippen LogP contribution in [0.2, 0.25) is 10.0 Å². The molecular weight excluding hydrogens is 251 g/mol. The van der Waals surface area contributed by atoms with Crippen LogP contribution in [0.5, 0.6) is 5.75 Å². The summed E-state index contributed by atoms with van der Waals surface area (Å²) in [5, 5.41) is 12.2. The summed E-state index contributed by atoms with van der Waals surface area (Å²) in [6, 6.07) is 5.19. The van der Waals surface area contributed by atoms with E-state index >= 15 is 0 Å². The zero-order valence-corrected chi connectivity index (χ0v) is 10.2. The van der Waals surface area contributed by atoms with Crippen LogP contribution in [-0.4, -0.2) is 5.11 Å². The lowest BCUT2D eigenvalue weighted by Crippen LogP contribution is -1.78. The number of aromatic hydroxyl groups is 1. The van der Waals surface area contributed by atoms with Gasteiger partial charge in [-0.1, -0.05) is 23.2 Å². The average Bonchev–Trinajstić information content (AvgIpc) is 2.58. The van der Waals surface area contributed by atoms with Gasteiger partial charge in [-0.05, 0) is 30.0 Å². The first kappa shape index (κ1) is 10.8. The molecule has 0 fully saturated rings. The maximum absolute atomic E-state index is 9.36. The van der Waals surface area contributed by atoms with Crippen LogP contribution in [0.3, 0.4) is 0 Å². The predicted octanol–water partition coefficient (Wildman–Crippen LogP) is 4.74. The van der Waals surface area contributed by atoms with E-state index in [1.807, 2.05) is 18.4 Å². The number of phenolic OH excluding ortho intramolecular Hbond substituents is 1. The third-order valence-electron chi connectivity index (χ3n) is 2.08. The van der Waals surface area contributed by atoms with Crippen molar-refractivity contribution in [3.05, 3.63) is 38.5 Å². The van der Waals surface area contributed by atoms with E-state index in [0.29, 0.717) is 10.0 Å². The Bertz CT molecular complexity index is 505. The molecular formula is C11H8Cl2OS. The van der Waals surface area contributed by atoms with E-state index in [4.69, 9.17) is 23.2 Å². The van der Waals surface area contributed by atoms with E-state index in [9.17, 15) is 5.11 Å². The Morgan fingerprint density at radius 2 is 1.87 bits per heavy atom. The van der Waals surface area contributed by atoms with E-state index in [-0.39, 0.29) is 5.75 Å². The average molecular weight is 259 g/mol. The molecule has 0 bridgehead atoms. The number of phenols is 1. The zero-order valence-electron chi connectivity index (χ0n) is 7.92. The minimum absolute atomic E-state index is 0.0115. The minimum atomic E-state index is 0.0115. The Balaban J connectivity index is 2.58. The molecule has 0 unspecified atom stereocenters. The molecule has 0 amide bonds. The quantitative estimate of drug-likeness (QED) is 0.784. The van der Waals surface area contributed by atoms with E-state index < -0.39 is 0 Å². The lowest BCUT2D eigenvalue weighted by atomic mass is 10.1. The fraction of sp³-hybridized carbons (Fsp3) is 0.0909. The summed E-state index contributed by atoms with van der Waals surface area (Å²) in [5.41, 5.74) is 1.88. The smallest absolute Gasteiger partial charge is 0.135 e. The largest absolute Gasteiger partial charge is 0.506 e. The van der Waals surface area contributed by atoms with Crippen molar-refractivity contribution in [3.63, 3.8) is 0 Å². The molecule has 1 heterocycles. The molecule has 1 nitrogen and oxygen atoms in total. The van der Waals surface area contributed by atoms with Crippen LogP contribution in [0.15, 0.2) is 23.6 Å². The molecule has 78 valence electrons. The van der Waals surface area contributed by atoms with Gasteiger partial charge in [0.2, 0.25) is 0 Å².